The number of urea groups is 1. The maximum absolute atomic E-state index is 12.8. The average molecular weight is 456 g/mol. The lowest BCUT2D eigenvalue weighted by molar-refractivity contribution is -0.384. The number of imide groups is 1. The van der Waals surface area contributed by atoms with E-state index in [1.165, 1.54) is 17.0 Å². The van der Waals surface area contributed by atoms with E-state index in [1.54, 1.807) is 36.4 Å². The normalized spacial score (nSPS) is 18.2. The molecule has 0 atom stereocenters. The van der Waals surface area contributed by atoms with Crippen molar-refractivity contribution in [3.8, 4) is 5.75 Å². The first-order valence-corrected chi connectivity index (χ1v) is 10.8. The molecule has 0 bridgehead atoms. The zero-order chi connectivity index (χ0) is 22.7. The third-order valence-electron chi connectivity index (χ3n) is 5.66. The molecule has 1 saturated carbocycles. The zero-order valence-electron chi connectivity index (χ0n) is 17.3. The minimum Gasteiger partial charge on any atom is -0.487 e. The highest BCUT2D eigenvalue weighted by molar-refractivity contribution is 6.32. The number of nitro benzene ring substituents is 1. The molecule has 32 heavy (non-hydrogen) atoms. The molecule has 166 valence electrons. The fourth-order valence-corrected chi connectivity index (χ4v) is 4.23. The van der Waals surface area contributed by atoms with Crippen LogP contribution in [-0.2, 0) is 11.4 Å². The summed E-state index contributed by atoms with van der Waals surface area (Å²) in [7, 11) is 0. The highest BCUT2D eigenvalue weighted by atomic mass is 35.5. The Bertz CT molecular complexity index is 1080. The molecule has 2 fully saturated rings. The van der Waals surface area contributed by atoms with Gasteiger partial charge in [0.2, 0.25) is 0 Å². The summed E-state index contributed by atoms with van der Waals surface area (Å²) in [5, 5.41) is 13.8. The van der Waals surface area contributed by atoms with E-state index in [-0.39, 0.29) is 36.0 Å². The molecular formula is C23H22ClN3O5. The second-order valence-electron chi connectivity index (χ2n) is 7.86. The fraction of sp³-hybridized carbons (Fsp3) is 0.304. The van der Waals surface area contributed by atoms with Crippen molar-refractivity contribution >= 4 is 35.3 Å². The molecule has 1 aliphatic carbocycles. The van der Waals surface area contributed by atoms with Gasteiger partial charge in [0, 0.05) is 18.2 Å². The van der Waals surface area contributed by atoms with Gasteiger partial charge in [0.05, 0.1) is 9.95 Å². The number of halogens is 1. The number of nitrogens with one attached hydrogen (secondary N) is 1. The number of hydrogen-bond donors (Lipinski definition) is 1. The summed E-state index contributed by atoms with van der Waals surface area (Å²) in [6.07, 6.45) is 6.49. The van der Waals surface area contributed by atoms with Crippen LogP contribution in [0.15, 0.2) is 48.2 Å². The maximum atomic E-state index is 12.8. The van der Waals surface area contributed by atoms with Crippen LogP contribution in [0, 0.1) is 10.1 Å². The third kappa shape index (κ3) is 4.75. The van der Waals surface area contributed by atoms with E-state index in [0.29, 0.717) is 16.3 Å². The lowest BCUT2D eigenvalue weighted by Gasteiger charge is -2.28. The molecule has 0 spiro atoms. The number of carbonyl (C=O) groups excluding carboxylic acids is 2. The average Bonchev–Trinajstić information content (AvgIpc) is 3.06. The van der Waals surface area contributed by atoms with E-state index in [2.05, 4.69) is 5.32 Å². The maximum Gasteiger partial charge on any atom is 0.329 e. The summed E-state index contributed by atoms with van der Waals surface area (Å²) in [6.45, 7) is 0.197. The molecule has 1 heterocycles. The van der Waals surface area contributed by atoms with Gasteiger partial charge in [-0.05, 0) is 54.3 Å². The van der Waals surface area contributed by atoms with Crippen molar-refractivity contribution in [3.63, 3.8) is 0 Å². The van der Waals surface area contributed by atoms with Crippen LogP contribution in [-0.4, -0.2) is 27.8 Å². The number of nitrogens with zero attached hydrogens (tertiary/aromatic N) is 2. The van der Waals surface area contributed by atoms with Crippen molar-refractivity contribution < 1.29 is 19.2 Å². The quantitative estimate of drug-likeness (QED) is 0.284. The molecule has 4 rings (SSSR count). The van der Waals surface area contributed by atoms with Crippen molar-refractivity contribution in [3.05, 3.63) is 74.4 Å². The molecule has 3 amide bonds. The monoisotopic (exact) mass is 455 g/mol. The van der Waals surface area contributed by atoms with Crippen LogP contribution in [0.5, 0.6) is 5.75 Å². The van der Waals surface area contributed by atoms with Gasteiger partial charge in [-0.1, -0.05) is 36.9 Å². The Morgan fingerprint density at radius 2 is 1.84 bits per heavy atom. The summed E-state index contributed by atoms with van der Waals surface area (Å²) >= 11 is 6.34. The Balaban J connectivity index is 1.42. The first-order chi connectivity index (χ1) is 15.4. The van der Waals surface area contributed by atoms with Crippen LogP contribution in [0.4, 0.5) is 10.5 Å². The Morgan fingerprint density at radius 3 is 2.50 bits per heavy atom. The van der Waals surface area contributed by atoms with Gasteiger partial charge in [-0.3, -0.25) is 19.8 Å². The number of non-ortho nitro benzene ring substituents is 1. The minimum atomic E-state index is -0.458. The number of benzene rings is 2. The smallest absolute Gasteiger partial charge is 0.329 e. The first-order valence-electron chi connectivity index (χ1n) is 10.4. The molecule has 2 aromatic rings. The van der Waals surface area contributed by atoms with Gasteiger partial charge < -0.3 is 10.1 Å². The molecule has 0 aromatic heterocycles. The molecule has 1 N–H and O–H groups in total. The van der Waals surface area contributed by atoms with E-state index in [4.69, 9.17) is 16.3 Å². The van der Waals surface area contributed by atoms with Crippen LogP contribution < -0.4 is 10.1 Å². The molecule has 2 aliphatic rings. The fourth-order valence-electron chi connectivity index (χ4n) is 3.99. The largest absolute Gasteiger partial charge is 0.487 e. The van der Waals surface area contributed by atoms with E-state index in [0.717, 1.165) is 37.7 Å². The van der Waals surface area contributed by atoms with Crippen LogP contribution in [0.2, 0.25) is 5.02 Å². The van der Waals surface area contributed by atoms with Crippen LogP contribution in [0.25, 0.3) is 6.08 Å². The molecule has 1 aliphatic heterocycles. The summed E-state index contributed by atoms with van der Waals surface area (Å²) in [4.78, 5) is 36.7. The number of rotatable bonds is 6. The summed E-state index contributed by atoms with van der Waals surface area (Å²) in [5.41, 5.74) is 1.67. The van der Waals surface area contributed by atoms with Gasteiger partial charge in [0.25, 0.3) is 11.6 Å². The van der Waals surface area contributed by atoms with Crippen LogP contribution >= 0.6 is 11.6 Å². The molecule has 0 radical (unpaired) electrons. The lowest BCUT2D eigenvalue weighted by Crippen LogP contribution is -2.41. The standard InChI is InChI=1S/C23H22ClN3O5/c24-19-12-16(8-11-21(19)32-14-15-6-9-18(10-7-15)27(30)31)13-20-22(28)26(23(29)25-20)17-4-2-1-3-5-17/h6-13,17H,1-5,14H2,(H,25,29)/b20-13-. The van der Waals surface area contributed by atoms with E-state index >= 15 is 0 Å². The number of hydrogen-bond acceptors (Lipinski definition) is 5. The molecule has 1 saturated heterocycles. The van der Waals surface area contributed by atoms with E-state index in [1.807, 2.05) is 0 Å². The van der Waals surface area contributed by atoms with E-state index < -0.39 is 4.92 Å². The Hall–Kier alpha value is -3.39. The second-order valence-corrected chi connectivity index (χ2v) is 8.26. The molecule has 0 unspecified atom stereocenters. The van der Waals surface area contributed by atoms with Gasteiger partial charge in [-0.15, -0.1) is 0 Å². The van der Waals surface area contributed by atoms with Crippen molar-refractivity contribution in [2.24, 2.45) is 0 Å². The number of amides is 3. The lowest BCUT2D eigenvalue weighted by atomic mass is 9.94. The van der Waals surface area contributed by atoms with Crippen LogP contribution in [0.3, 0.4) is 0 Å². The number of carbonyl (C=O) groups is 2. The minimum absolute atomic E-state index is 0.0137. The Kier molecular flexibility index (Phi) is 6.41. The highest BCUT2D eigenvalue weighted by Crippen LogP contribution is 2.29. The molecule has 2 aromatic carbocycles. The highest BCUT2D eigenvalue weighted by Gasteiger charge is 2.38. The molecule has 8 nitrogen and oxygen atoms in total. The van der Waals surface area contributed by atoms with Crippen molar-refractivity contribution in [1.29, 1.82) is 0 Å². The molecule has 9 heteroatoms. The van der Waals surface area contributed by atoms with Gasteiger partial charge >= 0.3 is 6.03 Å². The molecular weight excluding hydrogens is 434 g/mol. The van der Waals surface area contributed by atoms with E-state index in [9.17, 15) is 19.7 Å². The van der Waals surface area contributed by atoms with Crippen molar-refractivity contribution in [2.75, 3.05) is 0 Å². The summed E-state index contributed by atoms with van der Waals surface area (Å²) in [5.74, 6) is 0.134. The van der Waals surface area contributed by atoms with Crippen LogP contribution in [0.1, 0.15) is 43.2 Å². The summed E-state index contributed by atoms with van der Waals surface area (Å²) < 4.78 is 5.72. The van der Waals surface area contributed by atoms with Gasteiger partial charge in [-0.2, -0.15) is 0 Å². The topological polar surface area (TPSA) is 102 Å². The predicted molar refractivity (Wildman–Crippen MR) is 119 cm³/mol. The summed E-state index contributed by atoms with van der Waals surface area (Å²) in [6, 6.07) is 10.7. The predicted octanol–water partition coefficient (Wildman–Crippen LogP) is 5.05. The first kappa shape index (κ1) is 21.8. The Labute approximate surface area is 190 Å². The Morgan fingerprint density at radius 1 is 1.12 bits per heavy atom. The van der Waals surface area contributed by atoms with Crippen molar-refractivity contribution in [2.45, 2.75) is 44.8 Å². The second kappa shape index (κ2) is 9.40. The zero-order valence-corrected chi connectivity index (χ0v) is 18.0. The van der Waals surface area contributed by atoms with Gasteiger partial charge in [-0.25, -0.2) is 4.79 Å². The number of nitro groups is 1. The van der Waals surface area contributed by atoms with Gasteiger partial charge in [0.1, 0.15) is 18.1 Å². The van der Waals surface area contributed by atoms with Gasteiger partial charge in [0.15, 0.2) is 0 Å². The number of ether oxygens (including phenoxy) is 1. The van der Waals surface area contributed by atoms with Crippen molar-refractivity contribution in [1.82, 2.24) is 10.2 Å². The SMILES string of the molecule is O=C1N/C(=C\c2ccc(OCc3ccc([N+](=O)[O-])cc3)c(Cl)c2)C(=O)N1C1CCCCC1. The third-order valence-corrected chi connectivity index (χ3v) is 5.95.